The molecule has 0 bridgehead atoms. The van der Waals surface area contributed by atoms with Gasteiger partial charge in [0.15, 0.2) is 5.60 Å². The van der Waals surface area contributed by atoms with Crippen molar-refractivity contribution in [1.29, 1.82) is 0 Å². The van der Waals surface area contributed by atoms with E-state index in [2.05, 4.69) is 127 Å². The minimum Gasteiger partial charge on any atom is -0.472 e. The van der Waals surface area contributed by atoms with E-state index in [0.717, 1.165) is 71.5 Å². The summed E-state index contributed by atoms with van der Waals surface area (Å²) in [5, 5.41) is 11.2. The molecule has 2 atom stereocenters. The maximum Gasteiger partial charge on any atom is 0.178 e. The number of ether oxygens (including phenoxy) is 5. The summed E-state index contributed by atoms with van der Waals surface area (Å²) in [7, 11) is 0. The Bertz CT molecular complexity index is 2000. The first kappa shape index (κ1) is 33.6. The van der Waals surface area contributed by atoms with Gasteiger partial charge in [-0.25, -0.2) is 0 Å². The average molecular weight is 684 g/mol. The molecule has 2 heterocycles. The van der Waals surface area contributed by atoms with Crippen LogP contribution in [0.5, 0.6) is 5.75 Å². The average Bonchev–Trinajstić information content (AvgIpc) is 3.50. The van der Waals surface area contributed by atoms with Crippen molar-refractivity contribution < 1.29 is 28.8 Å². The van der Waals surface area contributed by atoms with Crippen LogP contribution in [-0.4, -0.2) is 71.1 Å². The molecular formula is C44H45NO6. The van der Waals surface area contributed by atoms with Crippen LogP contribution in [0.3, 0.4) is 0 Å². The molecule has 1 N–H and O–H groups in total. The number of morpholine rings is 1. The summed E-state index contributed by atoms with van der Waals surface area (Å²) in [5.41, 5.74) is 7.55. The Balaban J connectivity index is 1.24. The predicted octanol–water partition coefficient (Wildman–Crippen LogP) is 7.70. The van der Waals surface area contributed by atoms with Crippen molar-refractivity contribution in [2.24, 2.45) is 0 Å². The monoisotopic (exact) mass is 683 g/mol. The number of nitrogens with zero attached hydrogens (tertiary/aromatic N) is 1. The van der Waals surface area contributed by atoms with E-state index in [1.165, 1.54) is 22.4 Å². The Labute approximate surface area is 300 Å². The molecule has 1 saturated heterocycles. The van der Waals surface area contributed by atoms with Crippen molar-refractivity contribution in [3.05, 3.63) is 137 Å². The van der Waals surface area contributed by atoms with E-state index >= 15 is 0 Å². The molecule has 0 radical (unpaired) electrons. The Morgan fingerprint density at radius 2 is 1.39 bits per heavy atom. The zero-order chi connectivity index (χ0) is 34.7. The largest absolute Gasteiger partial charge is 0.472 e. The third kappa shape index (κ3) is 5.93. The van der Waals surface area contributed by atoms with Gasteiger partial charge in [0.05, 0.1) is 52.9 Å². The molecule has 7 heteroatoms. The lowest BCUT2D eigenvalue weighted by Gasteiger charge is -2.39. The highest BCUT2D eigenvalue weighted by Crippen LogP contribution is 2.59. The molecule has 0 aromatic heterocycles. The molecular weight excluding hydrogens is 638 g/mol. The Morgan fingerprint density at radius 3 is 2.16 bits per heavy atom. The quantitative estimate of drug-likeness (QED) is 0.128. The van der Waals surface area contributed by atoms with Crippen LogP contribution >= 0.6 is 0 Å². The fourth-order valence-electron chi connectivity index (χ4n) is 8.16. The molecule has 7 nitrogen and oxygen atoms in total. The number of fused-ring (bicyclic) bond motifs is 8. The molecule has 262 valence electrons. The lowest BCUT2D eigenvalue weighted by atomic mass is 9.79. The van der Waals surface area contributed by atoms with Crippen LogP contribution < -0.4 is 9.64 Å². The van der Waals surface area contributed by atoms with Gasteiger partial charge in [-0.3, -0.25) is 0 Å². The fraction of sp³-hybridized carbons (Fsp3) is 0.318. The molecule has 1 fully saturated rings. The number of benzene rings is 5. The smallest absolute Gasteiger partial charge is 0.178 e. The van der Waals surface area contributed by atoms with Crippen LogP contribution in [0.4, 0.5) is 5.69 Å². The Hall–Kier alpha value is -4.50. The maximum absolute atomic E-state index is 8.99. The van der Waals surface area contributed by atoms with E-state index in [1.807, 2.05) is 0 Å². The zero-order valence-corrected chi connectivity index (χ0v) is 29.2. The predicted molar refractivity (Wildman–Crippen MR) is 201 cm³/mol. The molecule has 1 aliphatic carbocycles. The van der Waals surface area contributed by atoms with Gasteiger partial charge in [-0.15, -0.1) is 0 Å². The lowest BCUT2D eigenvalue weighted by Crippen LogP contribution is -2.37. The van der Waals surface area contributed by atoms with Gasteiger partial charge in [-0.05, 0) is 46.7 Å². The van der Waals surface area contributed by atoms with Crippen LogP contribution in [0.1, 0.15) is 41.2 Å². The second-order valence-corrected chi connectivity index (χ2v) is 13.2. The van der Waals surface area contributed by atoms with Crippen LogP contribution in [-0.2, 0) is 30.1 Å². The van der Waals surface area contributed by atoms with Crippen LogP contribution in [0.15, 0.2) is 109 Å². The summed E-state index contributed by atoms with van der Waals surface area (Å²) in [4.78, 5) is 2.38. The number of aliphatic hydroxyl groups excluding tert-OH is 1. The number of rotatable bonds is 13. The van der Waals surface area contributed by atoms with Gasteiger partial charge >= 0.3 is 0 Å². The molecule has 5 aromatic rings. The summed E-state index contributed by atoms with van der Waals surface area (Å²) in [6.07, 6.45) is 5.26. The number of hydrogen-bond acceptors (Lipinski definition) is 7. The van der Waals surface area contributed by atoms with Gasteiger partial charge < -0.3 is 33.7 Å². The number of aliphatic hydroxyl groups is 1. The van der Waals surface area contributed by atoms with E-state index in [4.69, 9.17) is 28.8 Å². The van der Waals surface area contributed by atoms with E-state index in [-0.39, 0.29) is 6.61 Å². The molecule has 2 aliphatic heterocycles. The van der Waals surface area contributed by atoms with E-state index in [9.17, 15) is 0 Å². The molecule has 0 saturated carbocycles. The van der Waals surface area contributed by atoms with Gasteiger partial charge in [0.2, 0.25) is 0 Å². The molecule has 0 spiro atoms. The normalized spacial score (nSPS) is 20.5. The first-order valence-corrected chi connectivity index (χ1v) is 18.2. The fourth-order valence-corrected chi connectivity index (χ4v) is 8.16. The van der Waals surface area contributed by atoms with Crippen molar-refractivity contribution in [2.75, 3.05) is 70.8 Å². The SMILES string of the molecule is CCC1(OCCOCCOCCO)c2ccccc2-c2c1c1c(c3ccccc23)OC(c2ccccc2)(c2ccc(N3CCOCC3)cc2)C=C1. The molecule has 2 unspecified atom stereocenters. The summed E-state index contributed by atoms with van der Waals surface area (Å²) in [6, 6.07) is 36.7. The van der Waals surface area contributed by atoms with Crippen molar-refractivity contribution in [2.45, 2.75) is 24.5 Å². The van der Waals surface area contributed by atoms with Crippen molar-refractivity contribution in [3.63, 3.8) is 0 Å². The second-order valence-electron chi connectivity index (χ2n) is 13.2. The molecule has 5 aromatic carbocycles. The van der Waals surface area contributed by atoms with E-state index in [1.54, 1.807) is 0 Å². The van der Waals surface area contributed by atoms with Gasteiger partial charge in [-0.2, -0.15) is 0 Å². The molecule has 0 amide bonds. The lowest BCUT2D eigenvalue weighted by molar-refractivity contribution is -0.0539. The van der Waals surface area contributed by atoms with Crippen molar-refractivity contribution >= 4 is 22.5 Å². The van der Waals surface area contributed by atoms with E-state index in [0.29, 0.717) is 33.0 Å². The zero-order valence-electron chi connectivity index (χ0n) is 29.2. The third-order valence-corrected chi connectivity index (χ3v) is 10.5. The van der Waals surface area contributed by atoms with Crippen LogP contribution in [0.2, 0.25) is 0 Å². The summed E-state index contributed by atoms with van der Waals surface area (Å²) < 4.78 is 31.4. The summed E-state index contributed by atoms with van der Waals surface area (Å²) in [5.74, 6) is 0.861. The maximum atomic E-state index is 8.99. The molecule has 51 heavy (non-hydrogen) atoms. The first-order chi connectivity index (χ1) is 25.2. The topological polar surface area (TPSA) is 69.6 Å². The van der Waals surface area contributed by atoms with Gasteiger partial charge in [0, 0.05) is 46.4 Å². The van der Waals surface area contributed by atoms with Crippen LogP contribution in [0.25, 0.3) is 28.0 Å². The minimum absolute atomic E-state index is 0.00574. The highest BCUT2D eigenvalue weighted by atomic mass is 16.6. The van der Waals surface area contributed by atoms with Gasteiger partial charge in [-0.1, -0.05) is 104 Å². The summed E-state index contributed by atoms with van der Waals surface area (Å²) in [6.45, 7) is 7.52. The van der Waals surface area contributed by atoms with Gasteiger partial charge in [0.1, 0.15) is 11.4 Å². The third-order valence-electron chi connectivity index (χ3n) is 10.5. The van der Waals surface area contributed by atoms with E-state index < -0.39 is 11.2 Å². The Kier molecular flexibility index (Phi) is 9.64. The highest BCUT2D eigenvalue weighted by Gasteiger charge is 2.48. The first-order valence-electron chi connectivity index (χ1n) is 18.2. The van der Waals surface area contributed by atoms with Gasteiger partial charge in [0.25, 0.3) is 0 Å². The van der Waals surface area contributed by atoms with Crippen molar-refractivity contribution in [3.8, 4) is 16.9 Å². The number of hydrogen-bond donors (Lipinski definition) is 1. The van der Waals surface area contributed by atoms with Crippen LogP contribution in [0, 0.1) is 0 Å². The minimum atomic E-state index is -0.845. The standard InChI is InChI=1S/C44H45NO6/c1-2-43(50-31-30-49-29-28-48-27-24-46)39-15-9-8-14-37(39)40-35-12-6-7-13-36(35)42-38(41(40)43)20-21-44(51-42,32-10-4-3-5-11-32)33-16-18-34(19-17-33)45-22-25-47-26-23-45/h3-21,46H,2,22-31H2,1H3. The molecule has 3 aliphatic rings. The Morgan fingerprint density at radius 1 is 0.725 bits per heavy atom. The van der Waals surface area contributed by atoms with Crippen molar-refractivity contribution in [1.82, 2.24) is 0 Å². The summed E-state index contributed by atoms with van der Waals surface area (Å²) >= 11 is 0. The second kappa shape index (κ2) is 14.6. The molecule has 8 rings (SSSR count). The number of anilines is 1. The highest BCUT2D eigenvalue weighted by molar-refractivity contribution is 6.08.